The van der Waals surface area contributed by atoms with Crippen LogP contribution in [0.2, 0.25) is 0 Å². The molecule has 2 aromatic heterocycles. The van der Waals surface area contributed by atoms with E-state index in [1.807, 2.05) is 13.8 Å². The van der Waals surface area contributed by atoms with E-state index in [0.717, 1.165) is 21.4 Å². The Bertz CT molecular complexity index is 1570. The first-order chi connectivity index (χ1) is 16.5. The molecule has 186 valence electrons. The minimum Gasteiger partial charge on any atom is -0.288 e. The molecule has 0 amide bonds. The number of benzene rings is 1. The van der Waals surface area contributed by atoms with E-state index < -0.39 is 20.0 Å². The van der Waals surface area contributed by atoms with Crippen molar-refractivity contribution in [3.8, 4) is 0 Å². The fourth-order valence-electron chi connectivity index (χ4n) is 4.73. The molecule has 10 nitrogen and oxygen atoms in total. The van der Waals surface area contributed by atoms with E-state index in [9.17, 15) is 16.8 Å². The van der Waals surface area contributed by atoms with Crippen LogP contribution in [0.4, 0.5) is 0 Å². The molecule has 1 fully saturated rings. The van der Waals surface area contributed by atoms with Gasteiger partial charge in [0.1, 0.15) is 11.3 Å². The van der Waals surface area contributed by atoms with E-state index >= 15 is 0 Å². The molecule has 2 heterocycles. The Hall–Kier alpha value is -3.09. The number of rotatable bonds is 7. The highest BCUT2D eigenvalue weighted by molar-refractivity contribution is 7.92. The summed E-state index contributed by atoms with van der Waals surface area (Å²) < 4.78 is 55.6. The summed E-state index contributed by atoms with van der Waals surface area (Å²) in [4.78, 5) is 4.32. The lowest BCUT2D eigenvalue weighted by Crippen LogP contribution is -2.35. The molecule has 0 aliphatic heterocycles. The molecule has 3 aromatic rings. The Morgan fingerprint density at radius 3 is 2.51 bits per heavy atom. The fourth-order valence-corrected chi connectivity index (χ4v) is 6.78. The van der Waals surface area contributed by atoms with Crippen molar-refractivity contribution >= 4 is 37.0 Å². The number of hydrogen-bond acceptors (Lipinski definition) is 7. The van der Waals surface area contributed by atoms with Gasteiger partial charge in [0.05, 0.1) is 16.6 Å². The molecule has 0 bridgehead atoms. The van der Waals surface area contributed by atoms with Gasteiger partial charge in [0, 0.05) is 23.6 Å². The maximum atomic E-state index is 13.3. The van der Waals surface area contributed by atoms with E-state index in [-0.39, 0.29) is 39.7 Å². The Morgan fingerprint density at radius 2 is 1.89 bits per heavy atom. The molecule has 4 rings (SSSR count). The fraction of sp³-hybridized carbons (Fsp3) is 0.348. The van der Waals surface area contributed by atoms with Crippen molar-refractivity contribution in [1.29, 1.82) is 10.8 Å². The number of hydrogen-bond donors (Lipinski definition) is 3. The SMILES string of the molecule is C=CS(=O)(=O)N[C@H]1C[C@@H](CC)[C@@H](C(=N)n2c(=N)cnc3c2ccn3S(=O)(=O)c2ccc(C)cc2)C1. The van der Waals surface area contributed by atoms with E-state index in [2.05, 4.69) is 16.3 Å². The molecule has 1 aliphatic carbocycles. The molecular weight excluding hydrogens is 488 g/mol. The predicted molar refractivity (Wildman–Crippen MR) is 133 cm³/mol. The summed E-state index contributed by atoms with van der Waals surface area (Å²) >= 11 is 0. The van der Waals surface area contributed by atoms with Crippen molar-refractivity contribution in [2.45, 2.75) is 44.0 Å². The molecule has 12 heteroatoms. The highest BCUT2D eigenvalue weighted by Gasteiger charge is 2.38. The van der Waals surface area contributed by atoms with Crippen molar-refractivity contribution in [2.24, 2.45) is 11.8 Å². The van der Waals surface area contributed by atoms with E-state index in [0.29, 0.717) is 18.4 Å². The van der Waals surface area contributed by atoms with Crippen LogP contribution in [-0.4, -0.2) is 42.2 Å². The molecule has 0 unspecified atom stereocenters. The van der Waals surface area contributed by atoms with Gasteiger partial charge in [0.2, 0.25) is 10.0 Å². The Balaban J connectivity index is 1.75. The zero-order valence-electron chi connectivity index (χ0n) is 19.5. The first-order valence-corrected chi connectivity index (χ1v) is 14.2. The van der Waals surface area contributed by atoms with Crippen LogP contribution in [-0.2, 0) is 20.0 Å². The maximum absolute atomic E-state index is 13.3. The maximum Gasteiger partial charge on any atom is 0.269 e. The first-order valence-electron chi connectivity index (χ1n) is 11.2. The average Bonchev–Trinajstić information content (AvgIpc) is 3.43. The van der Waals surface area contributed by atoms with E-state index in [1.165, 1.54) is 35.2 Å². The summed E-state index contributed by atoms with van der Waals surface area (Å²) in [6, 6.07) is 7.67. The van der Waals surface area contributed by atoms with Gasteiger partial charge in [-0.3, -0.25) is 15.4 Å². The second kappa shape index (κ2) is 9.17. The average molecular weight is 517 g/mol. The lowest BCUT2D eigenvalue weighted by Gasteiger charge is -2.21. The summed E-state index contributed by atoms with van der Waals surface area (Å²) in [5, 5.41) is 18.3. The van der Waals surface area contributed by atoms with Crippen molar-refractivity contribution in [3.05, 3.63) is 65.8 Å². The van der Waals surface area contributed by atoms with Crippen LogP contribution in [0.15, 0.2) is 59.6 Å². The van der Waals surface area contributed by atoms with Crippen LogP contribution in [0.25, 0.3) is 11.2 Å². The number of sulfonamides is 1. The third kappa shape index (κ3) is 4.60. The number of aryl methyl sites for hydroxylation is 1. The Morgan fingerprint density at radius 1 is 1.20 bits per heavy atom. The summed E-state index contributed by atoms with van der Waals surface area (Å²) in [6.07, 6.45) is 4.28. The van der Waals surface area contributed by atoms with Crippen molar-refractivity contribution in [3.63, 3.8) is 0 Å². The van der Waals surface area contributed by atoms with Crippen molar-refractivity contribution in [2.75, 3.05) is 0 Å². The third-order valence-corrected chi connectivity index (χ3v) is 9.32. The van der Waals surface area contributed by atoms with Gasteiger partial charge in [-0.2, -0.15) is 0 Å². The summed E-state index contributed by atoms with van der Waals surface area (Å²) in [5.41, 5.74) is 1.31. The molecule has 0 spiro atoms. The molecule has 35 heavy (non-hydrogen) atoms. The number of aromatic nitrogens is 3. The molecule has 3 atom stereocenters. The zero-order valence-corrected chi connectivity index (χ0v) is 21.1. The zero-order chi connectivity index (χ0) is 25.5. The van der Waals surface area contributed by atoms with Crippen LogP contribution >= 0.6 is 0 Å². The number of nitrogens with one attached hydrogen (secondary N) is 3. The quantitative estimate of drug-likeness (QED) is 0.326. The summed E-state index contributed by atoms with van der Waals surface area (Å²) in [7, 11) is -7.55. The van der Waals surface area contributed by atoms with Crippen molar-refractivity contribution in [1.82, 2.24) is 18.2 Å². The Labute approximate surface area is 204 Å². The summed E-state index contributed by atoms with van der Waals surface area (Å²) in [6.45, 7) is 7.18. The topological polar surface area (TPSA) is 151 Å². The smallest absolute Gasteiger partial charge is 0.269 e. The largest absolute Gasteiger partial charge is 0.288 e. The minimum atomic E-state index is -3.94. The van der Waals surface area contributed by atoms with Gasteiger partial charge >= 0.3 is 0 Å². The van der Waals surface area contributed by atoms with Gasteiger partial charge < -0.3 is 0 Å². The lowest BCUT2D eigenvalue weighted by atomic mass is 9.92. The molecular formula is C23H28N6O4S2. The highest BCUT2D eigenvalue weighted by atomic mass is 32.2. The Kier molecular flexibility index (Phi) is 6.56. The normalized spacial score (nSPS) is 20.8. The van der Waals surface area contributed by atoms with E-state index in [4.69, 9.17) is 10.8 Å². The van der Waals surface area contributed by atoms with Gasteiger partial charge in [-0.15, -0.1) is 0 Å². The number of nitrogens with zero attached hydrogens (tertiary/aromatic N) is 3. The molecule has 0 radical (unpaired) electrons. The van der Waals surface area contributed by atoms with Crippen LogP contribution in [0, 0.1) is 29.6 Å². The lowest BCUT2D eigenvalue weighted by molar-refractivity contribution is 0.454. The van der Waals surface area contributed by atoms with Crippen LogP contribution in [0.5, 0.6) is 0 Å². The monoisotopic (exact) mass is 516 g/mol. The standard InChI is InChI=1S/C23H28N6O4S2/c1-4-16-12-17(27-34(30,31)5-2)13-19(16)22(25)29-20-10-11-28(23(20)26-14-21(29)24)35(32,33)18-8-6-15(3)7-9-18/h5-11,14,16-17,19,24-25,27H,2,4,12-13H2,1,3H3/t16-,17+,19+/m1/s1. The second-order valence-corrected chi connectivity index (χ2v) is 12.2. The van der Waals surface area contributed by atoms with Gasteiger partial charge in [-0.1, -0.05) is 37.6 Å². The molecule has 3 N–H and O–H groups in total. The second-order valence-electron chi connectivity index (χ2n) is 8.78. The van der Waals surface area contributed by atoms with Crippen LogP contribution in [0.1, 0.15) is 31.7 Å². The number of fused-ring (bicyclic) bond motifs is 1. The third-order valence-electron chi connectivity index (χ3n) is 6.54. The van der Waals surface area contributed by atoms with Crippen LogP contribution in [0.3, 0.4) is 0 Å². The highest BCUT2D eigenvalue weighted by Crippen LogP contribution is 2.36. The molecule has 1 aliphatic rings. The molecule has 1 aromatic carbocycles. The van der Waals surface area contributed by atoms with Gasteiger partial charge in [-0.25, -0.2) is 30.5 Å². The van der Waals surface area contributed by atoms with E-state index in [1.54, 1.807) is 12.1 Å². The molecule has 1 saturated carbocycles. The van der Waals surface area contributed by atoms with Crippen LogP contribution < -0.4 is 10.2 Å². The minimum absolute atomic E-state index is 0.0218. The molecule has 0 saturated heterocycles. The summed E-state index contributed by atoms with van der Waals surface area (Å²) in [5.74, 6) is -0.192. The van der Waals surface area contributed by atoms with Gasteiger partial charge in [-0.05, 0) is 43.9 Å². The predicted octanol–water partition coefficient (Wildman–Crippen LogP) is 2.56. The van der Waals surface area contributed by atoms with Gasteiger partial charge in [0.15, 0.2) is 5.65 Å². The van der Waals surface area contributed by atoms with Crippen molar-refractivity contribution < 1.29 is 16.8 Å². The van der Waals surface area contributed by atoms with Gasteiger partial charge in [0.25, 0.3) is 10.0 Å². The first kappa shape index (κ1) is 25.0.